The second-order valence-electron chi connectivity index (χ2n) is 6.27. The number of halogens is 1. The van der Waals surface area contributed by atoms with Gasteiger partial charge in [0.2, 0.25) is 0 Å². The molecule has 0 aliphatic rings. The van der Waals surface area contributed by atoms with Crippen molar-refractivity contribution in [2.75, 3.05) is 33.7 Å². The van der Waals surface area contributed by atoms with Gasteiger partial charge in [-0.3, -0.25) is 4.99 Å². The van der Waals surface area contributed by atoms with E-state index in [1.807, 2.05) is 7.05 Å². The Morgan fingerprint density at radius 2 is 1.74 bits per heavy atom. The summed E-state index contributed by atoms with van der Waals surface area (Å²) in [6, 6.07) is 9.31. The minimum absolute atomic E-state index is 0. The first-order chi connectivity index (χ1) is 10.4. The van der Waals surface area contributed by atoms with Gasteiger partial charge in [-0.05, 0) is 39.3 Å². The molecule has 1 aromatic rings. The van der Waals surface area contributed by atoms with Crippen LogP contribution in [0.25, 0.3) is 0 Å². The first-order valence-corrected chi connectivity index (χ1v) is 8.15. The molecule has 0 radical (unpaired) electrons. The van der Waals surface area contributed by atoms with Crippen LogP contribution in [0.4, 0.5) is 0 Å². The first-order valence-electron chi connectivity index (χ1n) is 8.15. The summed E-state index contributed by atoms with van der Waals surface area (Å²) in [5.41, 5.74) is 2.66. The van der Waals surface area contributed by atoms with Gasteiger partial charge in [0.1, 0.15) is 0 Å². The molecule has 0 fully saturated rings. The summed E-state index contributed by atoms with van der Waals surface area (Å²) in [7, 11) is 3.96. The zero-order valence-corrected chi connectivity index (χ0v) is 17.7. The van der Waals surface area contributed by atoms with Gasteiger partial charge in [0.05, 0.1) is 0 Å². The zero-order chi connectivity index (χ0) is 16.5. The number of hydrogen-bond acceptors (Lipinski definition) is 2. The molecule has 0 aromatic heterocycles. The van der Waals surface area contributed by atoms with E-state index in [4.69, 9.17) is 0 Å². The van der Waals surface area contributed by atoms with Gasteiger partial charge >= 0.3 is 0 Å². The van der Waals surface area contributed by atoms with Gasteiger partial charge < -0.3 is 15.5 Å². The van der Waals surface area contributed by atoms with Crippen LogP contribution in [0.15, 0.2) is 29.3 Å². The summed E-state index contributed by atoms with van der Waals surface area (Å²) in [6.07, 6.45) is 0. The molecule has 0 saturated carbocycles. The van der Waals surface area contributed by atoms with Gasteiger partial charge in [-0.25, -0.2) is 0 Å². The lowest BCUT2D eigenvalue weighted by molar-refractivity contribution is 0.278. The molecule has 0 saturated heterocycles. The van der Waals surface area contributed by atoms with E-state index in [2.05, 4.69) is 79.5 Å². The lowest BCUT2D eigenvalue weighted by atomic mass is 10.0. The zero-order valence-electron chi connectivity index (χ0n) is 15.4. The fourth-order valence-corrected chi connectivity index (χ4v) is 2.09. The molecule has 2 N–H and O–H groups in total. The van der Waals surface area contributed by atoms with E-state index in [-0.39, 0.29) is 24.0 Å². The first kappa shape index (κ1) is 22.2. The number of aliphatic imine (C=N–C) groups is 1. The number of hydrogen-bond donors (Lipinski definition) is 2. The van der Waals surface area contributed by atoms with E-state index >= 15 is 0 Å². The minimum Gasteiger partial charge on any atom is -0.356 e. The van der Waals surface area contributed by atoms with E-state index < -0.39 is 0 Å². The molecule has 1 unspecified atom stereocenters. The smallest absolute Gasteiger partial charge is 0.191 e. The Hall–Kier alpha value is -0.820. The molecule has 1 atom stereocenters. The monoisotopic (exact) mass is 432 g/mol. The van der Waals surface area contributed by atoms with Crippen molar-refractivity contribution in [2.45, 2.75) is 39.7 Å². The quantitative estimate of drug-likeness (QED) is 0.395. The molecule has 5 heteroatoms. The second kappa shape index (κ2) is 11.7. The molecule has 1 aromatic carbocycles. The number of nitrogens with one attached hydrogen (secondary N) is 2. The molecule has 0 heterocycles. The number of nitrogens with zero attached hydrogens (tertiary/aromatic N) is 2. The maximum atomic E-state index is 4.29. The van der Waals surface area contributed by atoms with E-state index in [1.165, 1.54) is 11.1 Å². The van der Waals surface area contributed by atoms with Crippen LogP contribution < -0.4 is 10.6 Å². The van der Waals surface area contributed by atoms with Crippen molar-refractivity contribution in [1.29, 1.82) is 0 Å². The molecular formula is C18H33IN4. The molecule has 0 aliphatic heterocycles. The Kier molecular flexibility index (Phi) is 11.3. The summed E-state index contributed by atoms with van der Waals surface area (Å²) in [4.78, 5) is 6.60. The highest BCUT2D eigenvalue weighted by Gasteiger charge is 2.07. The molecule has 0 spiro atoms. The normalized spacial score (nSPS) is 13.0. The van der Waals surface area contributed by atoms with Crippen LogP contribution >= 0.6 is 24.0 Å². The minimum atomic E-state index is 0. The van der Waals surface area contributed by atoms with Crippen molar-refractivity contribution in [3.8, 4) is 0 Å². The molecule has 0 bridgehead atoms. The Morgan fingerprint density at radius 3 is 2.26 bits per heavy atom. The van der Waals surface area contributed by atoms with Gasteiger partial charge in [-0.2, -0.15) is 0 Å². The standard InChI is InChI=1S/C18H32N4.HI/c1-14(2)22(6)12-11-20-18(19-5)21-13-16(4)17-9-7-15(3)8-10-17;/h7-10,14,16H,11-13H2,1-6H3,(H2,19,20,21);1H. The highest BCUT2D eigenvalue weighted by atomic mass is 127. The Bertz CT molecular complexity index is 457. The van der Waals surface area contributed by atoms with Gasteiger partial charge in [0, 0.05) is 32.7 Å². The van der Waals surface area contributed by atoms with Gasteiger partial charge in [0.25, 0.3) is 0 Å². The van der Waals surface area contributed by atoms with Crippen LogP contribution in [0.5, 0.6) is 0 Å². The van der Waals surface area contributed by atoms with Crippen LogP contribution in [0.2, 0.25) is 0 Å². The summed E-state index contributed by atoms with van der Waals surface area (Å²) in [6.45, 7) is 11.5. The third-order valence-electron chi connectivity index (χ3n) is 4.08. The lowest BCUT2D eigenvalue weighted by Crippen LogP contribution is -2.43. The van der Waals surface area contributed by atoms with E-state index in [1.54, 1.807) is 0 Å². The third-order valence-corrected chi connectivity index (χ3v) is 4.08. The summed E-state index contributed by atoms with van der Waals surface area (Å²) in [5.74, 6) is 1.33. The van der Waals surface area contributed by atoms with E-state index in [9.17, 15) is 0 Å². The summed E-state index contributed by atoms with van der Waals surface area (Å²) in [5, 5.41) is 6.77. The van der Waals surface area contributed by atoms with Crippen molar-refractivity contribution in [2.24, 2.45) is 4.99 Å². The maximum Gasteiger partial charge on any atom is 0.191 e. The SMILES string of the molecule is CN=C(NCCN(C)C(C)C)NCC(C)c1ccc(C)cc1.I. The summed E-state index contributed by atoms with van der Waals surface area (Å²) < 4.78 is 0. The molecule has 0 amide bonds. The van der Waals surface area contributed by atoms with Crippen LogP contribution in [0.3, 0.4) is 0 Å². The van der Waals surface area contributed by atoms with Crippen molar-refractivity contribution >= 4 is 29.9 Å². The predicted octanol–water partition coefficient (Wildman–Crippen LogP) is 3.22. The van der Waals surface area contributed by atoms with Crippen molar-refractivity contribution in [3.63, 3.8) is 0 Å². The number of aryl methyl sites for hydroxylation is 1. The molecule has 0 aliphatic carbocycles. The number of likely N-dealkylation sites (N-methyl/N-ethyl adjacent to an activating group) is 1. The number of benzene rings is 1. The van der Waals surface area contributed by atoms with Crippen LogP contribution in [0, 0.1) is 6.92 Å². The van der Waals surface area contributed by atoms with Crippen molar-refractivity contribution in [3.05, 3.63) is 35.4 Å². The Balaban J connectivity index is 0.00000484. The number of guanidine groups is 1. The third kappa shape index (κ3) is 8.55. The fourth-order valence-electron chi connectivity index (χ4n) is 2.09. The fraction of sp³-hybridized carbons (Fsp3) is 0.611. The van der Waals surface area contributed by atoms with Gasteiger partial charge in [-0.15, -0.1) is 24.0 Å². The van der Waals surface area contributed by atoms with Crippen molar-refractivity contribution in [1.82, 2.24) is 15.5 Å². The Morgan fingerprint density at radius 1 is 1.13 bits per heavy atom. The van der Waals surface area contributed by atoms with Gasteiger partial charge in [-0.1, -0.05) is 36.8 Å². The molecule has 4 nitrogen and oxygen atoms in total. The molecular weight excluding hydrogens is 399 g/mol. The molecule has 1 rings (SSSR count). The van der Waals surface area contributed by atoms with Crippen LogP contribution in [-0.4, -0.2) is 50.6 Å². The van der Waals surface area contributed by atoms with E-state index in [0.717, 1.165) is 25.6 Å². The average molecular weight is 432 g/mol. The van der Waals surface area contributed by atoms with Crippen LogP contribution in [-0.2, 0) is 0 Å². The Labute approximate surface area is 159 Å². The average Bonchev–Trinajstić information content (AvgIpc) is 2.50. The predicted molar refractivity (Wildman–Crippen MR) is 112 cm³/mol. The van der Waals surface area contributed by atoms with E-state index in [0.29, 0.717) is 12.0 Å². The highest BCUT2D eigenvalue weighted by molar-refractivity contribution is 14.0. The maximum absolute atomic E-state index is 4.29. The topological polar surface area (TPSA) is 39.7 Å². The second-order valence-corrected chi connectivity index (χ2v) is 6.27. The largest absolute Gasteiger partial charge is 0.356 e. The van der Waals surface area contributed by atoms with Crippen molar-refractivity contribution < 1.29 is 0 Å². The van der Waals surface area contributed by atoms with Crippen LogP contribution in [0.1, 0.15) is 37.8 Å². The number of rotatable bonds is 7. The highest BCUT2D eigenvalue weighted by Crippen LogP contribution is 2.14. The lowest BCUT2D eigenvalue weighted by Gasteiger charge is -2.22. The molecule has 23 heavy (non-hydrogen) atoms. The molecule has 132 valence electrons. The van der Waals surface area contributed by atoms with Gasteiger partial charge in [0.15, 0.2) is 5.96 Å². The summed E-state index contributed by atoms with van der Waals surface area (Å²) >= 11 is 0.